The third-order valence-electron chi connectivity index (χ3n) is 2.82. The Morgan fingerprint density at radius 3 is 2.52 bits per heavy atom. The summed E-state index contributed by atoms with van der Waals surface area (Å²) in [6.07, 6.45) is 0.664. The molecule has 0 unspecified atom stereocenters. The molecular formula is C14H18ClN5O2S. The van der Waals surface area contributed by atoms with Crippen LogP contribution in [0.3, 0.4) is 0 Å². The number of carbonyl (C=O) groups excluding carboxylic acids is 2. The predicted octanol–water partition coefficient (Wildman–Crippen LogP) is 0.873. The smallest absolute Gasteiger partial charge is 0.245 e. The molecule has 1 heterocycles. The van der Waals surface area contributed by atoms with Crippen molar-refractivity contribution in [2.45, 2.75) is 13.3 Å². The second-order valence-corrected chi connectivity index (χ2v) is 5.75. The molecule has 2 rings (SSSR count). The first kappa shape index (κ1) is 19.0. The van der Waals surface area contributed by atoms with Crippen LogP contribution in [0.4, 0.5) is 5.13 Å². The number of amides is 2. The molecule has 1 aromatic carbocycles. The van der Waals surface area contributed by atoms with Crippen molar-refractivity contribution in [1.82, 2.24) is 15.5 Å². The van der Waals surface area contributed by atoms with Gasteiger partial charge in [-0.15, -0.1) is 22.6 Å². The number of nitrogens with one attached hydrogen (secondary N) is 2. The van der Waals surface area contributed by atoms with Crippen LogP contribution in [0, 0.1) is 6.92 Å². The third kappa shape index (κ3) is 6.31. The van der Waals surface area contributed by atoms with Gasteiger partial charge in [0.2, 0.25) is 16.9 Å². The minimum Gasteiger partial charge on any atom is -0.346 e. The standard InChI is InChI=1S/C14H17N5O2S.ClH/c1-9-2-4-10(5-3-9)6-13-18-19-14(22-13)17-12(21)8-16-11(20)7-15;/h2-5H,6-8,15H2,1H3,(H,16,20)(H,17,19,21);1H. The number of carbonyl (C=O) groups is 2. The van der Waals surface area contributed by atoms with Crippen LogP contribution in [0.15, 0.2) is 24.3 Å². The lowest BCUT2D eigenvalue weighted by Gasteiger charge is -2.02. The Kier molecular flexibility index (Phi) is 7.60. The zero-order chi connectivity index (χ0) is 15.9. The van der Waals surface area contributed by atoms with Gasteiger partial charge in [0.05, 0.1) is 13.1 Å². The first-order valence-electron chi connectivity index (χ1n) is 6.71. The molecule has 0 saturated carbocycles. The van der Waals surface area contributed by atoms with Gasteiger partial charge in [0.25, 0.3) is 0 Å². The highest BCUT2D eigenvalue weighted by Gasteiger charge is 2.09. The van der Waals surface area contributed by atoms with E-state index in [2.05, 4.69) is 20.8 Å². The zero-order valence-electron chi connectivity index (χ0n) is 12.5. The van der Waals surface area contributed by atoms with E-state index < -0.39 is 0 Å². The average molecular weight is 356 g/mol. The molecule has 2 amide bonds. The molecular weight excluding hydrogens is 338 g/mol. The minimum absolute atomic E-state index is 0. The predicted molar refractivity (Wildman–Crippen MR) is 91.8 cm³/mol. The first-order chi connectivity index (χ1) is 10.6. The summed E-state index contributed by atoms with van der Waals surface area (Å²) >= 11 is 1.31. The van der Waals surface area contributed by atoms with Crippen molar-refractivity contribution in [1.29, 1.82) is 0 Å². The molecule has 0 spiro atoms. The summed E-state index contributed by atoms with van der Waals surface area (Å²) in [5, 5.41) is 14.2. The van der Waals surface area contributed by atoms with E-state index in [1.54, 1.807) is 0 Å². The Hall–Kier alpha value is -2.03. The maximum absolute atomic E-state index is 11.6. The molecule has 4 N–H and O–H groups in total. The molecule has 23 heavy (non-hydrogen) atoms. The summed E-state index contributed by atoms with van der Waals surface area (Å²) in [4.78, 5) is 22.6. The Labute approximate surface area is 144 Å². The highest BCUT2D eigenvalue weighted by Crippen LogP contribution is 2.18. The van der Waals surface area contributed by atoms with E-state index in [1.165, 1.54) is 16.9 Å². The van der Waals surface area contributed by atoms with Crippen molar-refractivity contribution >= 4 is 40.7 Å². The van der Waals surface area contributed by atoms with Gasteiger partial charge in [0, 0.05) is 6.42 Å². The van der Waals surface area contributed by atoms with Crippen LogP contribution in [-0.2, 0) is 16.0 Å². The molecule has 0 saturated heterocycles. The van der Waals surface area contributed by atoms with Crippen LogP contribution in [0.5, 0.6) is 0 Å². The Balaban J connectivity index is 0.00000264. The maximum atomic E-state index is 11.6. The lowest BCUT2D eigenvalue weighted by molar-refractivity contribution is -0.123. The quantitative estimate of drug-likeness (QED) is 0.712. The molecule has 2 aromatic rings. The van der Waals surface area contributed by atoms with E-state index in [4.69, 9.17) is 5.73 Å². The average Bonchev–Trinajstić information content (AvgIpc) is 2.94. The van der Waals surface area contributed by atoms with Crippen LogP contribution < -0.4 is 16.4 Å². The number of aryl methyl sites for hydroxylation is 1. The van der Waals surface area contributed by atoms with E-state index >= 15 is 0 Å². The fraction of sp³-hybridized carbons (Fsp3) is 0.286. The van der Waals surface area contributed by atoms with Gasteiger partial charge in [-0.25, -0.2) is 0 Å². The largest absolute Gasteiger partial charge is 0.346 e. The van der Waals surface area contributed by atoms with Gasteiger partial charge >= 0.3 is 0 Å². The zero-order valence-corrected chi connectivity index (χ0v) is 14.2. The number of rotatable bonds is 6. The number of hydrogen-bond donors (Lipinski definition) is 3. The maximum Gasteiger partial charge on any atom is 0.245 e. The van der Waals surface area contributed by atoms with E-state index in [1.807, 2.05) is 31.2 Å². The fourth-order valence-electron chi connectivity index (χ4n) is 1.67. The Morgan fingerprint density at radius 1 is 1.17 bits per heavy atom. The van der Waals surface area contributed by atoms with Gasteiger partial charge < -0.3 is 11.1 Å². The summed E-state index contributed by atoms with van der Waals surface area (Å²) in [5.41, 5.74) is 7.47. The number of nitrogens with two attached hydrogens (primary N) is 1. The molecule has 0 bridgehead atoms. The minimum atomic E-state index is -0.382. The molecule has 124 valence electrons. The molecule has 7 nitrogen and oxygen atoms in total. The molecule has 0 radical (unpaired) electrons. The molecule has 0 fully saturated rings. The van der Waals surface area contributed by atoms with Crippen LogP contribution in [0.1, 0.15) is 16.1 Å². The van der Waals surface area contributed by atoms with E-state index in [9.17, 15) is 9.59 Å². The lowest BCUT2D eigenvalue weighted by atomic mass is 10.1. The summed E-state index contributed by atoms with van der Waals surface area (Å²) in [7, 11) is 0. The molecule has 0 aliphatic carbocycles. The van der Waals surface area contributed by atoms with E-state index in [0.717, 1.165) is 10.6 Å². The van der Waals surface area contributed by atoms with E-state index in [-0.39, 0.29) is 37.3 Å². The Morgan fingerprint density at radius 2 is 1.87 bits per heavy atom. The van der Waals surface area contributed by atoms with Gasteiger partial charge in [-0.3, -0.25) is 14.9 Å². The topological polar surface area (TPSA) is 110 Å². The molecule has 0 atom stereocenters. The summed E-state index contributed by atoms with van der Waals surface area (Å²) in [6, 6.07) is 8.16. The molecule has 9 heteroatoms. The van der Waals surface area contributed by atoms with Crippen LogP contribution in [0.25, 0.3) is 0 Å². The number of aromatic nitrogens is 2. The van der Waals surface area contributed by atoms with Gasteiger partial charge in [-0.2, -0.15) is 0 Å². The normalized spacial score (nSPS) is 9.83. The van der Waals surface area contributed by atoms with Crippen molar-refractivity contribution < 1.29 is 9.59 Å². The summed E-state index contributed by atoms with van der Waals surface area (Å²) in [6.45, 7) is 1.75. The van der Waals surface area contributed by atoms with Crippen LogP contribution in [-0.4, -0.2) is 35.1 Å². The van der Waals surface area contributed by atoms with Gasteiger partial charge in [-0.1, -0.05) is 41.2 Å². The second-order valence-electron chi connectivity index (χ2n) is 4.69. The first-order valence-corrected chi connectivity index (χ1v) is 7.53. The second kappa shape index (κ2) is 9.19. The lowest BCUT2D eigenvalue weighted by Crippen LogP contribution is -2.36. The van der Waals surface area contributed by atoms with Crippen molar-refractivity contribution in [3.8, 4) is 0 Å². The van der Waals surface area contributed by atoms with Gasteiger partial charge in [-0.05, 0) is 12.5 Å². The summed E-state index contributed by atoms with van der Waals surface area (Å²) < 4.78 is 0. The Bertz CT molecular complexity index is 659. The third-order valence-corrected chi connectivity index (χ3v) is 3.66. The van der Waals surface area contributed by atoms with Gasteiger partial charge in [0.15, 0.2) is 0 Å². The number of nitrogens with zero attached hydrogens (tertiary/aromatic N) is 2. The number of anilines is 1. The molecule has 1 aromatic heterocycles. The van der Waals surface area contributed by atoms with E-state index in [0.29, 0.717) is 11.6 Å². The number of benzene rings is 1. The fourth-order valence-corrected chi connectivity index (χ4v) is 2.46. The van der Waals surface area contributed by atoms with Crippen molar-refractivity contribution in [3.05, 3.63) is 40.4 Å². The van der Waals surface area contributed by atoms with Crippen LogP contribution in [0.2, 0.25) is 0 Å². The SMILES string of the molecule is Cc1ccc(Cc2nnc(NC(=O)CNC(=O)CN)s2)cc1.Cl. The molecule has 0 aliphatic heterocycles. The number of hydrogen-bond acceptors (Lipinski definition) is 6. The van der Waals surface area contributed by atoms with Crippen molar-refractivity contribution in [2.75, 3.05) is 18.4 Å². The highest BCUT2D eigenvalue weighted by atomic mass is 35.5. The van der Waals surface area contributed by atoms with Gasteiger partial charge in [0.1, 0.15) is 5.01 Å². The number of halogens is 1. The summed E-state index contributed by atoms with van der Waals surface area (Å²) in [5.74, 6) is -0.743. The molecule has 0 aliphatic rings. The van der Waals surface area contributed by atoms with Crippen LogP contribution >= 0.6 is 23.7 Å². The van der Waals surface area contributed by atoms with Crippen molar-refractivity contribution in [2.24, 2.45) is 5.73 Å². The monoisotopic (exact) mass is 355 g/mol. The van der Waals surface area contributed by atoms with Crippen molar-refractivity contribution in [3.63, 3.8) is 0 Å². The highest BCUT2D eigenvalue weighted by molar-refractivity contribution is 7.15.